The molecule has 1 aliphatic carbocycles. The lowest BCUT2D eigenvalue weighted by molar-refractivity contribution is -0.150. The van der Waals surface area contributed by atoms with Gasteiger partial charge in [0.15, 0.2) is 6.10 Å². The highest BCUT2D eigenvalue weighted by atomic mass is 16.5. The molecule has 11 nitrogen and oxygen atoms in total. The maximum atomic E-state index is 13.1. The molecule has 3 aromatic carbocycles. The molecule has 2 atom stereocenters. The molecule has 6 N–H and O–H groups in total. The maximum absolute atomic E-state index is 13.1. The van der Waals surface area contributed by atoms with E-state index in [9.17, 15) is 24.3 Å². The summed E-state index contributed by atoms with van der Waals surface area (Å²) in [6.07, 6.45) is -1.67. The minimum atomic E-state index is -1.45. The molecule has 0 heterocycles. The summed E-state index contributed by atoms with van der Waals surface area (Å²) in [5.74, 6) is -1.46. The van der Waals surface area contributed by atoms with Gasteiger partial charge >= 0.3 is 18.1 Å². The third-order valence-corrected chi connectivity index (χ3v) is 6.84. The summed E-state index contributed by atoms with van der Waals surface area (Å²) in [7, 11) is 1.17. The van der Waals surface area contributed by atoms with Crippen LogP contribution in [-0.4, -0.2) is 55.4 Å². The molecular weight excluding hydrogens is 528 g/mol. The molecule has 0 saturated heterocycles. The molecule has 0 bridgehead atoms. The summed E-state index contributed by atoms with van der Waals surface area (Å²) in [6, 6.07) is 20.2. The van der Waals surface area contributed by atoms with Gasteiger partial charge in [-0.15, -0.1) is 0 Å². The first-order chi connectivity index (χ1) is 19.8. The van der Waals surface area contributed by atoms with Crippen LogP contribution in [0.3, 0.4) is 0 Å². The minimum Gasteiger partial charge on any atom is -0.467 e. The number of anilines is 1. The average molecular weight is 561 g/mol. The summed E-state index contributed by atoms with van der Waals surface area (Å²) in [5.41, 5.74) is 10.1. The van der Waals surface area contributed by atoms with Gasteiger partial charge in [-0.25, -0.2) is 14.4 Å². The first-order valence-corrected chi connectivity index (χ1v) is 13.1. The Morgan fingerprint density at radius 1 is 0.927 bits per heavy atom. The fourth-order valence-electron chi connectivity index (χ4n) is 4.79. The lowest BCUT2D eigenvalue weighted by Gasteiger charge is -2.20. The molecule has 4 amide bonds. The molecule has 214 valence electrons. The Kier molecular flexibility index (Phi) is 9.54. The van der Waals surface area contributed by atoms with Gasteiger partial charge in [0.1, 0.15) is 12.6 Å². The topological polar surface area (TPSA) is 169 Å². The lowest BCUT2D eigenvalue weighted by Crippen LogP contribution is -2.44. The van der Waals surface area contributed by atoms with Crippen LogP contribution in [0, 0.1) is 0 Å². The van der Waals surface area contributed by atoms with E-state index in [1.165, 1.54) is 31.4 Å². The zero-order valence-electron chi connectivity index (χ0n) is 22.5. The van der Waals surface area contributed by atoms with E-state index >= 15 is 0 Å². The molecule has 0 aliphatic heterocycles. The lowest BCUT2D eigenvalue weighted by atomic mass is 9.98. The van der Waals surface area contributed by atoms with Gasteiger partial charge in [0.05, 0.1) is 7.11 Å². The number of rotatable bonds is 11. The Labute approximate surface area is 237 Å². The molecule has 3 aromatic rings. The molecule has 0 radical (unpaired) electrons. The second kappa shape index (κ2) is 13.4. The van der Waals surface area contributed by atoms with E-state index in [1.54, 1.807) is 0 Å². The highest BCUT2D eigenvalue weighted by molar-refractivity contribution is 5.96. The Morgan fingerprint density at radius 3 is 2.12 bits per heavy atom. The zero-order valence-corrected chi connectivity index (χ0v) is 22.5. The maximum Gasteiger partial charge on any atom is 0.407 e. The number of amides is 4. The molecule has 41 heavy (non-hydrogen) atoms. The summed E-state index contributed by atoms with van der Waals surface area (Å²) in [5, 5.41) is 17.8. The number of hydrogen-bond acceptors (Lipinski definition) is 7. The summed E-state index contributed by atoms with van der Waals surface area (Å²) < 4.78 is 10.1. The third-order valence-electron chi connectivity index (χ3n) is 6.84. The number of benzene rings is 3. The van der Waals surface area contributed by atoms with Crippen molar-refractivity contribution < 1.29 is 33.8 Å². The number of nitrogens with one attached hydrogen (secondary N) is 3. The smallest absolute Gasteiger partial charge is 0.407 e. The van der Waals surface area contributed by atoms with Gasteiger partial charge in [-0.1, -0.05) is 60.7 Å². The highest BCUT2D eigenvalue weighted by Crippen LogP contribution is 2.44. The Hall–Kier alpha value is -4.90. The van der Waals surface area contributed by atoms with Crippen molar-refractivity contribution >= 4 is 29.7 Å². The number of esters is 1. The van der Waals surface area contributed by atoms with Crippen molar-refractivity contribution in [3.05, 3.63) is 89.5 Å². The van der Waals surface area contributed by atoms with Crippen molar-refractivity contribution in [1.82, 2.24) is 10.6 Å². The van der Waals surface area contributed by atoms with Crippen molar-refractivity contribution in [1.29, 1.82) is 0 Å². The molecule has 1 unspecified atom stereocenters. The van der Waals surface area contributed by atoms with Gasteiger partial charge in [-0.2, -0.15) is 0 Å². The number of carbonyl (C=O) groups is 4. The number of primary amides is 1. The fourth-order valence-corrected chi connectivity index (χ4v) is 4.79. The van der Waals surface area contributed by atoms with Gasteiger partial charge in [-0.3, -0.25) is 4.79 Å². The normalized spacial score (nSPS) is 13.2. The highest BCUT2D eigenvalue weighted by Gasteiger charge is 2.30. The first-order valence-electron chi connectivity index (χ1n) is 13.1. The van der Waals surface area contributed by atoms with E-state index in [4.69, 9.17) is 10.5 Å². The van der Waals surface area contributed by atoms with Crippen molar-refractivity contribution in [2.45, 2.75) is 30.9 Å². The predicted molar refractivity (Wildman–Crippen MR) is 151 cm³/mol. The number of carbonyl (C=O) groups excluding carboxylic acids is 4. The van der Waals surface area contributed by atoms with E-state index in [0.29, 0.717) is 17.7 Å². The van der Waals surface area contributed by atoms with Gasteiger partial charge < -0.3 is 36.3 Å². The van der Waals surface area contributed by atoms with Gasteiger partial charge in [0.25, 0.3) is 0 Å². The number of ether oxygens (including phenoxy) is 2. The van der Waals surface area contributed by atoms with Gasteiger partial charge in [-0.05, 0) is 52.8 Å². The molecule has 11 heteroatoms. The summed E-state index contributed by atoms with van der Waals surface area (Å²) in [6.45, 7) is 0.299. The van der Waals surface area contributed by atoms with E-state index in [1.807, 2.05) is 48.5 Å². The van der Waals surface area contributed by atoms with Crippen molar-refractivity contribution in [3.63, 3.8) is 0 Å². The first kappa shape index (κ1) is 29.1. The van der Waals surface area contributed by atoms with Gasteiger partial charge in [0, 0.05) is 18.2 Å². The van der Waals surface area contributed by atoms with E-state index in [2.05, 4.69) is 20.7 Å². The number of nitrogens with two attached hydrogens (primary N) is 1. The Bertz CT molecular complexity index is 1360. The predicted octanol–water partition coefficient (Wildman–Crippen LogP) is 3.19. The van der Waals surface area contributed by atoms with E-state index in [-0.39, 0.29) is 25.5 Å². The van der Waals surface area contributed by atoms with Crippen molar-refractivity contribution in [2.24, 2.45) is 5.73 Å². The number of urea groups is 1. The van der Waals surface area contributed by atoms with Crippen LogP contribution in [-0.2, 0) is 19.1 Å². The fraction of sp³-hybridized carbons (Fsp3) is 0.267. The quantitative estimate of drug-likeness (QED) is 0.177. The number of aliphatic hydroxyl groups excluding tert-OH is 1. The summed E-state index contributed by atoms with van der Waals surface area (Å²) in [4.78, 5) is 48.6. The van der Waals surface area contributed by atoms with E-state index < -0.39 is 36.1 Å². The molecule has 0 fully saturated rings. The number of alkyl carbamates (subject to hydrolysis) is 1. The summed E-state index contributed by atoms with van der Waals surface area (Å²) >= 11 is 0. The van der Waals surface area contributed by atoms with Gasteiger partial charge in [0.2, 0.25) is 5.91 Å². The van der Waals surface area contributed by atoms with Crippen LogP contribution in [0.5, 0.6) is 0 Å². The monoisotopic (exact) mass is 560 g/mol. The van der Waals surface area contributed by atoms with Crippen LogP contribution in [0.4, 0.5) is 15.3 Å². The molecule has 1 aliphatic rings. The largest absolute Gasteiger partial charge is 0.467 e. The third kappa shape index (κ3) is 7.20. The number of aliphatic hydroxyl groups is 1. The van der Waals surface area contributed by atoms with Crippen LogP contribution < -0.4 is 21.7 Å². The molecule has 4 rings (SSSR count). The second-order valence-electron chi connectivity index (χ2n) is 9.49. The molecule has 0 spiro atoms. The van der Waals surface area contributed by atoms with Crippen molar-refractivity contribution in [3.8, 4) is 11.1 Å². The average Bonchev–Trinajstić information content (AvgIpc) is 3.30. The molecule has 0 saturated carbocycles. The van der Waals surface area contributed by atoms with Crippen LogP contribution in [0.1, 0.15) is 41.6 Å². The number of methoxy groups -OCH3 is 1. The SMILES string of the molecule is COC(=O)C(O)c1ccc(NC(=O)[C@H](CCCNC(N)=O)NC(=O)OCC2c3ccccc3-c3ccccc32)cc1. The minimum absolute atomic E-state index is 0.0847. The molecular formula is C30H32N4O7. The van der Waals surface area contributed by atoms with Crippen molar-refractivity contribution in [2.75, 3.05) is 25.6 Å². The number of fused-ring (bicyclic) bond motifs is 3. The van der Waals surface area contributed by atoms with Crippen LogP contribution >= 0.6 is 0 Å². The van der Waals surface area contributed by atoms with E-state index in [0.717, 1.165) is 22.3 Å². The van der Waals surface area contributed by atoms with Crippen LogP contribution in [0.2, 0.25) is 0 Å². The number of hydrogen-bond donors (Lipinski definition) is 5. The Balaban J connectivity index is 1.40. The second-order valence-corrected chi connectivity index (χ2v) is 9.49. The Morgan fingerprint density at radius 2 is 1.54 bits per heavy atom. The molecule has 0 aromatic heterocycles. The standard InChI is InChI=1S/C30H32N4O7/c1-40-28(37)26(35)18-12-14-19(15-13-18)33-27(36)25(11-6-16-32-29(31)38)34-30(39)41-17-24-22-9-4-2-7-20(22)21-8-3-5-10-23(21)24/h2-5,7-10,12-15,24-26,35H,6,11,16-17H2,1H3,(H,33,36)(H,34,39)(H3,31,32,38)/t25-,26?/m0/s1. The van der Waals surface area contributed by atoms with Crippen LogP contribution in [0.25, 0.3) is 11.1 Å². The zero-order chi connectivity index (χ0) is 29.4. The van der Waals surface area contributed by atoms with Crippen LogP contribution in [0.15, 0.2) is 72.8 Å².